The molecule has 1 aromatic rings. The number of carbonyl (C=O) groups excluding carboxylic acids is 1. The predicted molar refractivity (Wildman–Crippen MR) is 81.9 cm³/mol. The Morgan fingerprint density at radius 1 is 1.33 bits per heavy atom. The number of phenolic OH excluding ortho intramolecular Hbond substituents is 2. The molecular weight excluding hydrogens is 325 g/mol. The molecule has 1 amide bonds. The monoisotopic (exact) mass is 346 g/mol. The van der Waals surface area contributed by atoms with Crippen molar-refractivity contribution in [2.75, 3.05) is 19.6 Å². The van der Waals surface area contributed by atoms with E-state index in [0.717, 1.165) is 0 Å². The first kappa shape index (κ1) is 18.4. The second-order valence-corrected chi connectivity index (χ2v) is 6.16. The van der Waals surface area contributed by atoms with E-state index < -0.39 is 24.4 Å². The first-order chi connectivity index (χ1) is 11.2. The average molecular weight is 346 g/mol. The standard InChI is InChI=1S/C16H21F3N2O3/c1-10(11-5-7-21(8-6-11)9-16(17,18)19)20-15(24)12-3-2-4-13(22)14(12)23/h2-4,10-11,22-23H,5-9H2,1H3,(H,20,24). The van der Waals surface area contributed by atoms with Gasteiger partial charge in [0.15, 0.2) is 11.5 Å². The van der Waals surface area contributed by atoms with Crippen LogP contribution in [-0.4, -0.2) is 52.9 Å². The number of likely N-dealkylation sites (tertiary alicyclic amines) is 1. The van der Waals surface area contributed by atoms with Gasteiger partial charge in [-0.15, -0.1) is 0 Å². The summed E-state index contributed by atoms with van der Waals surface area (Å²) < 4.78 is 37.1. The van der Waals surface area contributed by atoms with Gasteiger partial charge in [0.1, 0.15) is 0 Å². The van der Waals surface area contributed by atoms with Gasteiger partial charge in [0, 0.05) is 6.04 Å². The van der Waals surface area contributed by atoms with Crippen molar-refractivity contribution in [1.29, 1.82) is 0 Å². The van der Waals surface area contributed by atoms with Crippen LogP contribution < -0.4 is 5.32 Å². The molecule has 1 heterocycles. The number of para-hydroxylation sites is 1. The van der Waals surface area contributed by atoms with Gasteiger partial charge >= 0.3 is 6.18 Å². The molecule has 1 aromatic carbocycles. The number of nitrogens with one attached hydrogen (secondary N) is 1. The quantitative estimate of drug-likeness (QED) is 0.733. The van der Waals surface area contributed by atoms with Crippen molar-refractivity contribution < 1.29 is 28.2 Å². The maximum absolute atomic E-state index is 12.4. The van der Waals surface area contributed by atoms with E-state index >= 15 is 0 Å². The zero-order valence-electron chi connectivity index (χ0n) is 13.3. The van der Waals surface area contributed by atoms with Gasteiger partial charge < -0.3 is 15.5 Å². The van der Waals surface area contributed by atoms with E-state index in [4.69, 9.17) is 0 Å². The molecule has 0 aliphatic carbocycles. The molecule has 0 bridgehead atoms. The Labute approximate surface area is 138 Å². The summed E-state index contributed by atoms with van der Waals surface area (Å²) in [6.07, 6.45) is -3.08. The van der Waals surface area contributed by atoms with Gasteiger partial charge in [-0.2, -0.15) is 13.2 Å². The Bertz CT molecular complexity index is 584. The van der Waals surface area contributed by atoms with E-state index in [2.05, 4.69) is 5.32 Å². The maximum Gasteiger partial charge on any atom is 0.401 e. The maximum atomic E-state index is 12.4. The summed E-state index contributed by atoms with van der Waals surface area (Å²) in [5.41, 5.74) is -0.0312. The topological polar surface area (TPSA) is 72.8 Å². The highest BCUT2D eigenvalue weighted by Gasteiger charge is 2.33. The van der Waals surface area contributed by atoms with E-state index in [1.807, 2.05) is 0 Å². The number of alkyl halides is 3. The predicted octanol–water partition coefficient (Wildman–Crippen LogP) is 2.49. The smallest absolute Gasteiger partial charge is 0.401 e. The van der Waals surface area contributed by atoms with Crippen LogP contribution in [0.1, 0.15) is 30.1 Å². The Morgan fingerprint density at radius 3 is 2.54 bits per heavy atom. The van der Waals surface area contributed by atoms with Gasteiger partial charge in [0.25, 0.3) is 5.91 Å². The number of hydrogen-bond donors (Lipinski definition) is 3. The summed E-state index contributed by atoms with van der Waals surface area (Å²) in [6, 6.07) is 3.87. The molecule has 134 valence electrons. The number of piperidine rings is 1. The SMILES string of the molecule is CC(NC(=O)c1cccc(O)c1O)C1CCN(CC(F)(F)F)CC1. The number of aromatic hydroxyl groups is 2. The minimum Gasteiger partial charge on any atom is -0.504 e. The fraction of sp³-hybridized carbons (Fsp3) is 0.562. The molecule has 3 N–H and O–H groups in total. The van der Waals surface area contributed by atoms with Gasteiger partial charge in [0.05, 0.1) is 12.1 Å². The Hall–Kier alpha value is -1.96. The molecule has 0 spiro atoms. The van der Waals surface area contributed by atoms with Crippen molar-refractivity contribution in [1.82, 2.24) is 10.2 Å². The van der Waals surface area contributed by atoms with E-state index in [0.29, 0.717) is 25.9 Å². The second-order valence-electron chi connectivity index (χ2n) is 6.16. The van der Waals surface area contributed by atoms with Crippen LogP contribution in [0.2, 0.25) is 0 Å². The molecule has 1 atom stereocenters. The van der Waals surface area contributed by atoms with Gasteiger partial charge in [-0.25, -0.2) is 0 Å². The lowest BCUT2D eigenvalue weighted by Gasteiger charge is -2.35. The molecule has 0 aromatic heterocycles. The van der Waals surface area contributed by atoms with Crippen LogP contribution in [0.5, 0.6) is 11.5 Å². The largest absolute Gasteiger partial charge is 0.504 e. The normalized spacial score (nSPS) is 18.3. The molecule has 8 heteroatoms. The van der Waals surface area contributed by atoms with Crippen molar-refractivity contribution in [3.63, 3.8) is 0 Å². The van der Waals surface area contributed by atoms with Crippen LogP contribution in [0.15, 0.2) is 18.2 Å². The fourth-order valence-electron chi connectivity index (χ4n) is 2.98. The molecule has 0 saturated carbocycles. The number of phenols is 2. The van der Waals surface area contributed by atoms with E-state index in [1.54, 1.807) is 6.92 Å². The zero-order valence-corrected chi connectivity index (χ0v) is 13.3. The molecule has 1 fully saturated rings. The third kappa shape index (κ3) is 4.77. The molecule has 1 unspecified atom stereocenters. The van der Waals surface area contributed by atoms with Crippen molar-refractivity contribution >= 4 is 5.91 Å². The van der Waals surface area contributed by atoms with Crippen molar-refractivity contribution in [3.8, 4) is 11.5 Å². The van der Waals surface area contributed by atoms with Crippen molar-refractivity contribution in [3.05, 3.63) is 23.8 Å². The number of nitrogens with zero attached hydrogens (tertiary/aromatic N) is 1. The van der Waals surface area contributed by atoms with Crippen LogP contribution in [-0.2, 0) is 0 Å². The highest BCUT2D eigenvalue weighted by Crippen LogP contribution is 2.29. The number of halogens is 3. The summed E-state index contributed by atoms with van der Waals surface area (Å²) in [7, 11) is 0. The van der Waals surface area contributed by atoms with E-state index in [1.165, 1.54) is 23.1 Å². The molecule has 1 saturated heterocycles. The third-order valence-electron chi connectivity index (χ3n) is 4.36. The van der Waals surface area contributed by atoms with Gasteiger partial charge in [-0.05, 0) is 50.9 Å². The lowest BCUT2D eigenvalue weighted by Crippen LogP contribution is -2.46. The molecular formula is C16H21F3N2O3. The van der Waals surface area contributed by atoms with E-state index in [9.17, 15) is 28.2 Å². The number of amides is 1. The lowest BCUT2D eigenvalue weighted by molar-refractivity contribution is -0.148. The molecule has 0 radical (unpaired) electrons. The highest BCUT2D eigenvalue weighted by molar-refractivity contribution is 5.97. The summed E-state index contributed by atoms with van der Waals surface area (Å²) >= 11 is 0. The minimum atomic E-state index is -4.19. The van der Waals surface area contributed by atoms with Gasteiger partial charge in [0.2, 0.25) is 0 Å². The Balaban J connectivity index is 1.88. The first-order valence-corrected chi connectivity index (χ1v) is 7.78. The highest BCUT2D eigenvalue weighted by atomic mass is 19.4. The molecule has 5 nitrogen and oxygen atoms in total. The lowest BCUT2D eigenvalue weighted by atomic mass is 9.90. The van der Waals surface area contributed by atoms with Gasteiger partial charge in [-0.3, -0.25) is 9.69 Å². The van der Waals surface area contributed by atoms with Crippen molar-refractivity contribution in [2.24, 2.45) is 5.92 Å². The second kappa shape index (κ2) is 7.29. The summed E-state index contributed by atoms with van der Waals surface area (Å²) in [4.78, 5) is 13.5. The van der Waals surface area contributed by atoms with Crippen LogP contribution >= 0.6 is 0 Å². The Morgan fingerprint density at radius 2 is 1.96 bits per heavy atom. The third-order valence-corrected chi connectivity index (χ3v) is 4.36. The Kier molecular flexibility index (Phi) is 5.58. The van der Waals surface area contributed by atoms with Gasteiger partial charge in [-0.1, -0.05) is 6.07 Å². The van der Waals surface area contributed by atoms with Crippen LogP contribution in [0.25, 0.3) is 0 Å². The van der Waals surface area contributed by atoms with Crippen LogP contribution in [0.3, 0.4) is 0 Å². The molecule has 1 aliphatic heterocycles. The first-order valence-electron chi connectivity index (χ1n) is 7.78. The minimum absolute atomic E-state index is 0.0312. The number of rotatable bonds is 4. The number of hydrogen-bond acceptors (Lipinski definition) is 4. The summed E-state index contributed by atoms with van der Waals surface area (Å²) in [5.74, 6) is -1.32. The summed E-state index contributed by atoms with van der Waals surface area (Å²) in [5, 5.41) is 21.9. The molecule has 2 rings (SSSR count). The van der Waals surface area contributed by atoms with Crippen LogP contribution in [0, 0.1) is 5.92 Å². The molecule has 24 heavy (non-hydrogen) atoms. The summed E-state index contributed by atoms with van der Waals surface area (Å²) in [6.45, 7) is 1.56. The van der Waals surface area contributed by atoms with Crippen LogP contribution in [0.4, 0.5) is 13.2 Å². The van der Waals surface area contributed by atoms with Crippen molar-refractivity contribution in [2.45, 2.75) is 32.0 Å². The zero-order chi connectivity index (χ0) is 17.9. The number of carbonyl (C=O) groups is 1. The molecule has 1 aliphatic rings. The number of benzene rings is 1. The average Bonchev–Trinajstić information content (AvgIpc) is 2.49. The van der Waals surface area contributed by atoms with E-state index in [-0.39, 0.29) is 23.3 Å². The fourth-order valence-corrected chi connectivity index (χ4v) is 2.98.